The van der Waals surface area contributed by atoms with E-state index in [4.69, 9.17) is 40.0 Å². The third kappa shape index (κ3) is 6.13. The zero-order valence-electron chi connectivity index (χ0n) is 21.4. The molecule has 0 aliphatic carbocycles. The zero-order valence-corrected chi connectivity index (χ0v) is 22.2. The summed E-state index contributed by atoms with van der Waals surface area (Å²) in [5, 5.41) is 0.873. The van der Waals surface area contributed by atoms with Crippen LogP contribution in [0.2, 0.25) is 5.02 Å². The van der Waals surface area contributed by atoms with Gasteiger partial charge in [-0.05, 0) is 29.3 Å². The van der Waals surface area contributed by atoms with Crippen LogP contribution < -0.4 is 23.7 Å². The molecule has 0 unspecified atom stereocenters. The summed E-state index contributed by atoms with van der Waals surface area (Å²) in [5.74, 6) is 2.51. The highest BCUT2D eigenvalue weighted by Crippen LogP contribution is 2.48. The summed E-state index contributed by atoms with van der Waals surface area (Å²) in [4.78, 5) is 25.4. The first kappa shape index (κ1) is 26.5. The van der Waals surface area contributed by atoms with Gasteiger partial charge in [0.2, 0.25) is 17.5 Å². The highest BCUT2D eigenvalue weighted by molar-refractivity contribution is 6.32. The first-order chi connectivity index (χ1) is 19.1. The molecule has 5 rings (SSSR count). The fraction of sp³-hybridized carbons (Fsp3) is 0.286. The number of ether oxygens (including phenoxy) is 6. The number of pyridine rings is 1. The molecule has 39 heavy (non-hydrogen) atoms. The summed E-state index contributed by atoms with van der Waals surface area (Å²) >= 11 is 6.56. The standard InChI is InChI=1S/C28H26ClN3O7/c1-34-7-8-36-23-15-21-25(27-26(23)37-9-10-38-27)28(32-16-31-21)39-22-4-3-17(13-20(22)29)11-19(33)12-18-5-6-30-24(14-18)35-2/h3-6,13-16H,7-12H2,1-2H3. The third-order valence-corrected chi connectivity index (χ3v) is 6.20. The SMILES string of the molecule is COCCOc1cc2ncnc(Oc3ccc(CC(=O)Cc4ccnc(OC)c4)cc3Cl)c2c2c1OCCO2. The number of hydrogen-bond donors (Lipinski definition) is 0. The second kappa shape index (κ2) is 12.1. The smallest absolute Gasteiger partial charge is 0.234 e. The number of methoxy groups -OCH3 is 2. The molecule has 0 amide bonds. The van der Waals surface area contributed by atoms with E-state index in [2.05, 4.69) is 15.0 Å². The van der Waals surface area contributed by atoms with Gasteiger partial charge in [0.1, 0.15) is 43.1 Å². The Morgan fingerprint density at radius 1 is 0.923 bits per heavy atom. The number of fused-ring (bicyclic) bond motifs is 3. The van der Waals surface area contributed by atoms with Gasteiger partial charge in [0, 0.05) is 38.3 Å². The van der Waals surface area contributed by atoms with Gasteiger partial charge in [-0.25, -0.2) is 15.0 Å². The minimum atomic E-state index is 0.0297. The van der Waals surface area contributed by atoms with Crippen molar-refractivity contribution in [1.82, 2.24) is 15.0 Å². The lowest BCUT2D eigenvalue weighted by atomic mass is 10.0. The number of nitrogens with zero attached hydrogens (tertiary/aromatic N) is 3. The lowest BCUT2D eigenvalue weighted by molar-refractivity contribution is -0.117. The average molecular weight is 552 g/mol. The van der Waals surface area contributed by atoms with Crippen LogP contribution in [0.15, 0.2) is 48.9 Å². The Kier molecular flexibility index (Phi) is 8.24. The molecule has 0 saturated heterocycles. The number of halogens is 1. The maximum absolute atomic E-state index is 12.7. The van der Waals surface area contributed by atoms with Crippen molar-refractivity contribution in [1.29, 1.82) is 0 Å². The molecule has 0 saturated carbocycles. The minimum Gasteiger partial charge on any atom is -0.487 e. The molecule has 0 fully saturated rings. The Morgan fingerprint density at radius 2 is 1.72 bits per heavy atom. The van der Waals surface area contributed by atoms with Crippen LogP contribution in [0.5, 0.6) is 34.8 Å². The van der Waals surface area contributed by atoms with Crippen molar-refractivity contribution in [2.75, 3.05) is 40.6 Å². The Balaban J connectivity index is 1.36. The molecular weight excluding hydrogens is 526 g/mol. The minimum absolute atomic E-state index is 0.0297. The maximum Gasteiger partial charge on any atom is 0.234 e. The number of carbonyl (C=O) groups excluding carboxylic acids is 1. The van der Waals surface area contributed by atoms with Gasteiger partial charge in [0.25, 0.3) is 0 Å². The van der Waals surface area contributed by atoms with Crippen molar-refractivity contribution in [2.45, 2.75) is 12.8 Å². The first-order valence-electron chi connectivity index (χ1n) is 12.2. The summed E-state index contributed by atoms with van der Waals surface area (Å²) in [7, 11) is 3.14. The van der Waals surface area contributed by atoms with Crippen LogP contribution in [0.3, 0.4) is 0 Å². The molecular formula is C28H26ClN3O7. The molecule has 0 spiro atoms. The van der Waals surface area contributed by atoms with Crippen LogP contribution in [-0.4, -0.2) is 61.4 Å². The van der Waals surface area contributed by atoms with E-state index in [9.17, 15) is 4.79 Å². The number of rotatable bonds is 11. The number of ketones is 1. The molecule has 2 aromatic carbocycles. The second-order valence-corrected chi connectivity index (χ2v) is 9.02. The molecule has 4 aromatic rings. The van der Waals surface area contributed by atoms with Crippen LogP contribution in [0.1, 0.15) is 11.1 Å². The Bertz CT molecular complexity index is 1500. The van der Waals surface area contributed by atoms with E-state index in [-0.39, 0.29) is 24.5 Å². The predicted molar refractivity (Wildman–Crippen MR) is 143 cm³/mol. The lowest BCUT2D eigenvalue weighted by Crippen LogP contribution is -2.17. The molecule has 202 valence electrons. The lowest BCUT2D eigenvalue weighted by Gasteiger charge is -2.23. The van der Waals surface area contributed by atoms with Crippen LogP contribution in [0.4, 0.5) is 0 Å². The topological polar surface area (TPSA) is 111 Å². The molecule has 1 aliphatic heterocycles. The van der Waals surface area contributed by atoms with Crippen LogP contribution in [0, 0.1) is 0 Å². The number of benzene rings is 2. The summed E-state index contributed by atoms with van der Waals surface area (Å²) < 4.78 is 34.0. The Labute approximate surface area is 229 Å². The Morgan fingerprint density at radius 3 is 2.49 bits per heavy atom. The number of aromatic nitrogens is 3. The van der Waals surface area contributed by atoms with Gasteiger partial charge < -0.3 is 28.4 Å². The van der Waals surface area contributed by atoms with Gasteiger partial charge in [-0.2, -0.15) is 0 Å². The molecule has 10 nitrogen and oxygen atoms in total. The molecule has 0 atom stereocenters. The van der Waals surface area contributed by atoms with Crippen LogP contribution in [-0.2, 0) is 22.4 Å². The molecule has 0 N–H and O–H groups in total. The maximum atomic E-state index is 12.7. The summed E-state index contributed by atoms with van der Waals surface area (Å²) in [6.07, 6.45) is 3.48. The molecule has 1 aliphatic rings. The van der Waals surface area contributed by atoms with Crippen molar-refractivity contribution in [3.05, 3.63) is 65.1 Å². The quantitative estimate of drug-likeness (QED) is 0.245. The zero-order chi connectivity index (χ0) is 27.2. The molecule has 3 heterocycles. The van der Waals surface area contributed by atoms with Crippen molar-refractivity contribution in [3.63, 3.8) is 0 Å². The highest BCUT2D eigenvalue weighted by atomic mass is 35.5. The van der Waals surface area contributed by atoms with E-state index in [1.165, 1.54) is 13.4 Å². The predicted octanol–water partition coefficient (Wildman–Crippen LogP) is 4.63. The van der Waals surface area contributed by atoms with Gasteiger partial charge in [0.05, 0.1) is 24.3 Å². The van der Waals surface area contributed by atoms with Crippen LogP contribution in [0.25, 0.3) is 10.9 Å². The van der Waals surface area contributed by atoms with E-state index in [1.807, 2.05) is 0 Å². The molecule has 0 radical (unpaired) electrons. The van der Waals surface area contributed by atoms with Gasteiger partial charge in [-0.15, -0.1) is 0 Å². The molecule has 2 aromatic heterocycles. The van der Waals surface area contributed by atoms with Crippen molar-refractivity contribution in [3.8, 4) is 34.8 Å². The normalized spacial score (nSPS) is 12.3. The fourth-order valence-electron chi connectivity index (χ4n) is 4.13. The fourth-order valence-corrected chi connectivity index (χ4v) is 4.37. The highest BCUT2D eigenvalue weighted by Gasteiger charge is 2.25. The van der Waals surface area contributed by atoms with Crippen molar-refractivity contribution >= 4 is 28.3 Å². The van der Waals surface area contributed by atoms with E-state index in [0.717, 1.165) is 11.1 Å². The van der Waals surface area contributed by atoms with Gasteiger partial charge in [0.15, 0.2) is 11.5 Å². The molecule has 0 bridgehead atoms. The van der Waals surface area contributed by atoms with Crippen LogP contribution >= 0.6 is 11.6 Å². The summed E-state index contributed by atoms with van der Waals surface area (Å²) in [5.41, 5.74) is 2.15. The van der Waals surface area contributed by atoms with E-state index in [0.29, 0.717) is 71.2 Å². The van der Waals surface area contributed by atoms with Gasteiger partial charge in [-0.3, -0.25) is 4.79 Å². The average Bonchev–Trinajstić information content (AvgIpc) is 2.94. The van der Waals surface area contributed by atoms with Crippen molar-refractivity contribution < 1.29 is 33.2 Å². The van der Waals surface area contributed by atoms with E-state index >= 15 is 0 Å². The summed E-state index contributed by atoms with van der Waals surface area (Å²) in [6.45, 7) is 1.50. The molecule has 11 heteroatoms. The van der Waals surface area contributed by atoms with Crippen molar-refractivity contribution in [2.24, 2.45) is 0 Å². The second-order valence-electron chi connectivity index (χ2n) is 8.61. The number of Topliss-reactive ketones (excluding diaryl/α,β-unsaturated/α-hetero) is 1. The number of carbonyl (C=O) groups is 1. The Hall–Kier alpha value is -4.15. The number of hydrogen-bond acceptors (Lipinski definition) is 10. The summed E-state index contributed by atoms with van der Waals surface area (Å²) in [6, 6.07) is 10.5. The van der Waals surface area contributed by atoms with E-state index in [1.54, 1.807) is 49.7 Å². The largest absolute Gasteiger partial charge is 0.487 e. The van der Waals surface area contributed by atoms with Gasteiger partial charge >= 0.3 is 0 Å². The first-order valence-corrected chi connectivity index (χ1v) is 12.6. The van der Waals surface area contributed by atoms with Gasteiger partial charge in [-0.1, -0.05) is 17.7 Å². The third-order valence-electron chi connectivity index (χ3n) is 5.90. The monoisotopic (exact) mass is 551 g/mol. The van der Waals surface area contributed by atoms with E-state index < -0.39 is 0 Å².